The number of nitrogens with one attached hydrogen (secondary N) is 1. The van der Waals surface area contributed by atoms with Gasteiger partial charge in [-0.3, -0.25) is 0 Å². The van der Waals surface area contributed by atoms with Gasteiger partial charge in [-0.2, -0.15) is 0 Å². The number of anilines is 1. The summed E-state index contributed by atoms with van der Waals surface area (Å²) in [6, 6.07) is 16.6. The fraction of sp³-hybridized carbons (Fsp3) is 0.265. The van der Waals surface area contributed by atoms with Crippen LogP contribution in [0.3, 0.4) is 0 Å². The summed E-state index contributed by atoms with van der Waals surface area (Å²) in [7, 11) is -3.60. The second-order valence-electron chi connectivity index (χ2n) is 9.50. The molecule has 0 aliphatic heterocycles. The Labute approximate surface area is 326 Å². The number of nitrogens with two attached hydrogens (primary N) is 1. The number of alkyl halides is 1. The Morgan fingerprint density at radius 2 is 1.26 bits per heavy atom. The van der Waals surface area contributed by atoms with Gasteiger partial charge in [-0.05, 0) is 99.1 Å². The van der Waals surface area contributed by atoms with E-state index in [0.29, 0.717) is 11.5 Å². The molecule has 5 heterocycles. The molecule has 46 heavy (non-hydrogen) atoms. The minimum Gasteiger partial charge on any atom is -0.383 e. The van der Waals surface area contributed by atoms with Crippen molar-refractivity contribution >= 4 is 105 Å². The number of aromatic amines is 1. The molecule has 0 spiro atoms. The van der Waals surface area contributed by atoms with E-state index in [1.165, 1.54) is 14.9 Å². The molecule has 1 radical (unpaired) electrons. The Balaban J connectivity index is 0. The van der Waals surface area contributed by atoms with Gasteiger partial charge in [0.05, 0.1) is 4.90 Å². The quantitative estimate of drug-likeness (QED) is 0.119. The van der Waals surface area contributed by atoms with Crippen molar-refractivity contribution in [2.45, 2.75) is 60.8 Å². The fourth-order valence-corrected chi connectivity index (χ4v) is 5.21. The van der Waals surface area contributed by atoms with Crippen LogP contribution in [-0.2, 0) is 10.0 Å². The summed E-state index contributed by atoms with van der Waals surface area (Å²) in [5.74, 6) is 2.44. The molecular formula is C34H48BrKN7O2S. The monoisotopic (exact) mass is 736 g/mol. The third-order valence-electron chi connectivity index (χ3n) is 6.00. The number of aryl methyl sites for hydroxylation is 5. The van der Waals surface area contributed by atoms with E-state index in [-0.39, 0.29) is 69.9 Å². The molecule has 6 rings (SSSR count). The first-order valence-electron chi connectivity index (χ1n) is 13.8. The van der Waals surface area contributed by atoms with Crippen molar-refractivity contribution in [3.05, 3.63) is 113 Å². The van der Waals surface area contributed by atoms with E-state index in [0.717, 1.165) is 33.3 Å². The molecule has 0 aliphatic rings. The van der Waals surface area contributed by atoms with Crippen LogP contribution in [0.1, 0.15) is 49.1 Å². The average Bonchev–Trinajstić information content (AvgIpc) is 3.65. The van der Waals surface area contributed by atoms with Crippen LogP contribution in [0, 0.1) is 34.6 Å². The second-order valence-corrected chi connectivity index (χ2v) is 11.3. The molecule has 0 unspecified atom stereocenters. The number of H-pyrrole nitrogens is 1. The summed E-state index contributed by atoms with van der Waals surface area (Å²) in [5.41, 5.74) is 12.3. The maximum atomic E-state index is 12.6. The second kappa shape index (κ2) is 22.2. The summed E-state index contributed by atoms with van der Waals surface area (Å²) >= 11 is 2.94. The Hall–Kier alpha value is -2.42. The number of aromatic nitrogens is 5. The minimum atomic E-state index is -3.60. The van der Waals surface area contributed by atoms with Gasteiger partial charge in [0.25, 0.3) is 10.0 Å². The van der Waals surface area contributed by atoms with Gasteiger partial charge in [0, 0.05) is 93.1 Å². The van der Waals surface area contributed by atoms with Gasteiger partial charge in [-0.15, -0.1) is 0 Å². The number of hydrogen-bond donors (Lipinski definition) is 3. The van der Waals surface area contributed by atoms with Crippen LogP contribution in [0.15, 0.2) is 90.5 Å². The molecule has 12 heteroatoms. The summed E-state index contributed by atoms with van der Waals surface area (Å²) in [4.78, 5) is 15.7. The van der Waals surface area contributed by atoms with E-state index in [2.05, 4.69) is 41.9 Å². The van der Waals surface area contributed by atoms with Crippen molar-refractivity contribution in [2.24, 2.45) is 0 Å². The predicted octanol–water partition coefficient (Wildman–Crippen LogP) is 8.50. The maximum Gasteiger partial charge on any atom is 0.269 e. The van der Waals surface area contributed by atoms with Gasteiger partial charge < -0.3 is 16.9 Å². The Kier molecular flexibility index (Phi) is 22.1. The van der Waals surface area contributed by atoms with Crippen LogP contribution in [0.25, 0.3) is 22.1 Å². The minimum absolute atomic E-state index is 0. The smallest absolute Gasteiger partial charge is 0.269 e. The van der Waals surface area contributed by atoms with Crippen LogP contribution in [0.4, 0.5) is 5.82 Å². The maximum absolute atomic E-state index is 12.6. The normalized spacial score (nSPS) is 9.59. The van der Waals surface area contributed by atoms with E-state index in [1.54, 1.807) is 48.9 Å². The Bertz CT molecular complexity index is 1860. The van der Waals surface area contributed by atoms with E-state index in [9.17, 15) is 8.42 Å². The predicted molar refractivity (Wildman–Crippen MR) is 201 cm³/mol. The van der Waals surface area contributed by atoms with E-state index < -0.39 is 10.0 Å². The zero-order valence-electron chi connectivity index (χ0n) is 27.8. The van der Waals surface area contributed by atoms with Gasteiger partial charge in [0.1, 0.15) is 11.5 Å². The zero-order valence-corrected chi connectivity index (χ0v) is 33.3. The number of nitrogens with zero attached hydrogens (tertiary/aromatic N) is 4. The van der Waals surface area contributed by atoms with Crippen molar-refractivity contribution in [2.75, 3.05) is 11.6 Å². The molecule has 0 amide bonds. The van der Waals surface area contributed by atoms with E-state index in [1.807, 2.05) is 84.9 Å². The molecule has 6 aromatic rings. The number of fused-ring (bicyclic) bond motifs is 2. The number of hydrogen-bond acceptors (Lipinski definition) is 7. The van der Waals surface area contributed by atoms with E-state index >= 15 is 0 Å². The third kappa shape index (κ3) is 12.6. The molecule has 1 aromatic carbocycles. The molecule has 0 atom stereocenters. The summed E-state index contributed by atoms with van der Waals surface area (Å²) in [6.45, 7) is 13.8. The van der Waals surface area contributed by atoms with Gasteiger partial charge in [0.15, 0.2) is 5.65 Å². The van der Waals surface area contributed by atoms with Crippen LogP contribution in [-0.4, -0.2) is 89.5 Å². The first-order valence-corrected chi connectivity index (χ1v) is 16.8. The van der Waals surface area contributed by atoms with Gasteiger partial charge in [-0.1, -0.05) is 61.0 Å². The van der Waals surface area contributed by atoms with Crippen LogP contribution >= 0.6 is 15.9 Å². The third-order valence-corrected chi connectivity index (χ3v) is 7.68. The van der Waals surface area contributed by atoms with Crippen molar-refractivity contribution < 1.29 is 8.42 Å². The molecule has 6 N–H and O–H groups in total. The van der Waals surface area contributed by atoms with Crippen molar-refractivity contribution in [1.29, 1.82) is 0 Å². The number of rotatable bonds is 2. The average molecular weight is 738 g/mol. The molecule has 9 nitrogen and oxygen atoms in total. The Morgan fingerprint density at radius 3 is 1.83 bits per heavy atom. The number of halogens is 1. The summed E-state index contributed by atoms with van der Waals surface area (Å²) in [5, 5.41) is 2.00. The van der Waals surface area contributed by atoms with Crippen molar-refractivity contribution in [3.8, 4) is 0 Å². The van der Waals surface area contributed by atoms with Crippen molar-refractivity contribution in [1.82, 2.24) is 30.1 Å². The standard InChI is InChI=1S/C15H14N2O2S.C8H8N2.C7H10N2.C2H6.CH3Br.CH4.K.H3N/c1-11-3-5-14(6-4-11)20(18,19)17-8-7-13-9-12(2)10-16-15(13)17;1-6-4-7-2-3-9-8(7)10-5-6;1-5-3-6(2)7(8)9-4-5;2*1-2;;;/h3-10H,1-2H3;2-5H,1H3,(H,9,10);3-4H,1-2H3,(H2,8,9);1-2H3;1H3;1H4;;1H3. The molecule has 5 aromatic heterocycles. The van der Waals surface area contributed by atoms with Gasteiger partial charge in [-0.25, -0.2) is 27.3 Å². The van der Waals surface area contributed by atoms with Gasteiger partial charge in [0.2, 0.25) is 0 Å². The first kappa shape index (κ1) is 45.7. The zero-order chi connectivity index (χ0) is 32.2. The fourth-order valence-electron chi connectivity index (χ4n) is 3.90. The van der Waals surface area contributed by atoms with E-state index in [4.69, 9.17) is 5.73 Å². The molecule has 0 fully saturated rings. The number of benzene rings is 1. The summed E-state index contributed by atoms with van der Waals surface area (Å²) in [6.07, 6.45) is 8.74. The van der Waals surface area contributed by atoms with Crippen LogP contribution in [0.5, 0.6) is 0 Å². The Morgan fingerprint density at radius 1 is 0.739 bits per heavy atom. The summed E-state index contributed by atoms with van der Waals surface area (Å²) < 4.78 is 26.5. The largest absolute Gasteiger partial charge is 0.383 e. The number of nitrogen functional groups attached to an aromatic ring is 1. The van der Waals surface area contributed by atoms with Crippen LogP contribution < -0.4 is 11.9 Å². The molecule has 0 saturated heterocycles. The van der Waals surface area contributed by atoms with Crippen molar-refractivity contribution in [3.63, 3.8) is 0 Å². The van der Waals surface area contributed by atoms with Gasteiger partial charge >= 0.3 is 0 Å². The first-order chi connectivity index (χ1) is 20.5. The molecule has 245 valence electrons. The molecule has 0 saturated carbocycles. The topological polar surface area (TPSA) is 155 Å². The SMILES string of the molecule is C.CBr.CC.Cc1ccc(S(=O)(=O)n2ccc3cc(C)cnc32)cc1.Cc1cnc(N)c(C)c1.Cc1cnc2[nH]ccc2c1.N.[K]. The number of pyridine rings is 3. The molecule has 0 bridgehead atoms. The molecule has 0 aliphatic carbocycles. The molecular weight excluding hydrogens is 689 g/mol. The van der Waals surface area contributed by atoms with Crippen LogP contribution in [0.2, 0.25) is 0 Å².